The zero-order valence-corrected chi connectivity index (χ0v) is 17.2. The molecule has 0 amide bonds. The highest BCUT2D eigenvalue weighted by molar-refractivity contribution is 6.31. The van der Waals surface area contributed by atoms with Crippen molar-refractivity contribution in [3.05, 3.63) is 71.0 Å². The van der Waals surface area contributed by atoms with Crippen LogP contribution in [0.5, 0.6) is 11.5 Å². The molecule has 2 aromatic carbocycles. The van der Waals surface area contributed by atoms with E-state index in [1.165, 1.54) is 24.5 Å². The van der Waals surface area contributed by atoms with Gasteiger partial charge in [-0.05, 0) is 36.4 Å². The zero-order valence-electron chi connectivity index (χ0n) is 16.4. The number of aryl methyl sites for hydroxylation is 1. The third-order valence-corrected chi connectivity index (χ3v) is 4.89. The van der Waals surface area contributed by atoms with E-state index in [-0.39, 0.29) is 10.7 Å². The molecule has 0 aliphatic rings. The predicted molar refractivity (Wildman–Crippen MR) is 114 cm³/mol. The number of hydrogen-bond acceptors (Lipinski definition) is 6. The first kappa shape index (κ1) is 21.4. The van der Waals surface area contributed by atoms with Crippen molar-refractivity contribution in [2.75, 3.05) is 5.32 Å². The first-order chi connectivity index (χ1) is 15.2. The van der Waals surface area contributed by atoms with Gasteiger partial charge in [0.25, 0.3) is 0 Å². The van der Waals surface area contributed by atoms with Crippen molar-refractivity contribution in [2.45, 2.75) is 6.18 Å². The van der Waals surface area contributed by atoms with Crippen molar-refractivity contribution in [1.29, 1.82) is 0 Å². The zero-order chi connectivity index (χ0) is 22.9. The number of nitrogens with one attached hydrogen (secondary N) is 1. The number of pyridine rings is 1. The van der Waals surface area contributed by atoms with Crippen LogP contribution in [0, 0.1) is 0 Å². The highest BCUT2D eigenvalue weighted by Crippen LogP contribution is 2.37. The normalized spacial score (nSPS) is 11.9. The summed E-state index contributed by atoms with van der Waals surface area (Å²) in [5.74, 6) is 1.31. The van der Waals surface area contributed by atoms with E-state index >= 15 is 0 Å². The van der Waals surface area contributed by atoms with Crippen LogP contribution in [0.3, 0.4) is 0 Å². The summed E-state index contributed by atoms with van der Waals surface area (Å²) >= 11 is 5.68. The first-order valence-electron chi connectivity index (χ1n) is 9.16. The lowest BCUT2D eigenvalue weighted by atomic mass is 10.2. The van der Waals surface area contributed by atoms with Crippen LogP contribution in [0.4, 0.5) is 24.8 Å². The number of rotatable bonds is 5. The molecule has 0 bridgehead atoms. The van der Waals surface area contributed by atoms with Crippen LogP contribution in [0.15, 0.2) is 59.9 Å². The Balaban J connectivity index is 1.61. The summed E-state index contributed by atoms with van der Waals surface area (Å²) < 4.78 is 46.9. The smallest absolute Gasteiger partial charge is 0.417 e. The van der Waals surface area contributed by atoms with E-state index in [0.717, 1.165) is 11.6 Å². The number of aromatic nitrogens is 3. The summed E-state index contributed by atoms with van der Waals surface area (Å²) in [7, 11) is 1.74. The van der Waals surface area contributed by atoms with Crippen LogP contribution in [-0.4, -0.2) is 26.0 Å². The van der Waals surface area contributed by atoms with Gasteiger partial charge in [-0.15, -0.1) is 0 Å². The summed E-state index contributed by atoms with van der Waals surface area (Å²) in [4.78, 5) is 8.47. The van der Waals surface area contributed by atoms with Crippen molar-refractivity contribution in [3.8, 4) is 11.5 Å². The van der Waals surface area contributed by atoms with Gasteiger partial charge in [0, 0.05) is 31.1 Å². The number of ether oxygens (including phenoxy) is 1. The standard InChI is InChI=1S/C21H15ClF3N5O2/c1-30-19-5-3-14(32-15-6-7-26-13(8-15)11-27-31)10-18(19)29-20(30)28-12-2-4-17(22)16(9-12)21(23,24)25/h2-11,31H,1H3,(H,28,29)/b27-11+. The Morgan fingerprint density at radius 1 is 1.12 bits per heavy atom. The minimum absolute atomic E-state index is 0.200. The number of oxime groups is 1. The monoisotopic (exact) mass is 461 g/mol. The topological polar surface area (TPSA) is 84.6 Å². The van der Waals surface area contributed by atoms with Gasteiger partial charge in [-0.25, -0.2) is 4.98 Å². The molecule has 11 heteroatoms. The van der Waals surface area contributed by atoms with Crippen LogP contribution < -0.4 is 10.1 Å². The van der Waals surface area contributed by atoms with Gasteiger partial charge in [-0.3, -0.25) is 4.98 Å². The highest BCUT2D eigenvalue weighted by atomic mass is 35.5. The lowest BCUT2D eigenvalue weighted by Gasteiger charge is -2.12. The fourth-order valence-electron chi connectivity index (χ4n) is 3.06. The molecule has 164 valence electrons. The number of halogens is 4. The van der Waals surface area contributed by atoms with Gasteiger partial charge in [-0.1, -0.05) is 16.8 Å². The molecule has 4 aromatic rings. The number of benzene rings is 2. The predicted octanol–water partition coefficient (Wildman–Crippen LogP) is 5.98. The molecule has 2 aromatic heterocycles. The highest BCUT2D eigenvalue weighted by Gasteiger charge is 2.33. The molecule has 0 aliphatic heterocycles. The van der Waals surface area contributed by atoms with Gasteiger partial charge in [0.15, 0.2) is 0 Å². The minimum atomic E-state index is -4.57. The number of imidazole rings is 1. The Hall–Kier alpha value is -3.79. The Kier molecular flexibility index (Phi) is 5.62. The summed E-state index contributed by atoms with van der Waals surface area (Å²) in [5.41, 5.74) is 1.00. The SMILES string of the molecule is Cn1c(Nc2ccc(Cl)c(C(F)(F)F)c2)nc2cc(Oc3ccnc(/C=N/O)c3)ccc21. The van der Waals surface area contributed by atoms with E-state index in [0.29, 0.717) is 28.7 Å². The van der Waals surface area contributed by atoms with Crippen molar-refractivity contribution >= 4 is 40.5 Å². The van der Waals surface area contributed by atoms with E-state index in [4.69, 9.17) is 21.5 Å². The summed E-state index contributed by atoms with van der Waals surface area (Å²) in [6.07, 6.45) is -1.88. The lowest BCUT2D eigenvalue weighted by Crippen LogP contribution is -2.07. The number of nitrogens with zero attached hydrogens (tertiary/aromatic N) is 4. The van der Waals surface area contributed by atoms with Gasteiger partial charge >= 0.3 is 6.18 Å². The molecule has 0 atom stereocenters. The third kappa shape index (κ3) is 4.45. The second kappa shape index (κ2) is 8.39. The fraction of sp³-hybridized carbons (Fsp3) is 0.0952. The van der Waals surface area contributed by atoms with Crippen LogP contribution in [-0.2, 0) is 13.2 Å². The van der Waals surface area contributed by atoms with E-state index in [9.17, 15) is 13.2 Å². The maximum atomic E-state index is 13.1. The third-order valence-electron chi connectivity index (χ3n) is 4.56. The van der Waals surface area contributed by atoms with E-state index in [1.54, 1.807) is 41.9 Å². The molecule has 7 nitrogen and oxygen atoms in total. The van der Waals surface area contributed by atoms with Crippen molar-refractivity contribution in [1.82, 2.24) is 14.5 Å². The second-order valence-corrected chi connectivity index (χ2v) is 7.13. The Bertz CT molecular complexity index is 1320. The molecule has 0 fully saturated rings. The Morgan fingerprint density at radius 3 is 2.66 bits per heavy atom. The molecule has 2 heterocycles. The number of alkyl halides is 3. The quantitative estimate of drug-likeness (QED) is 0.217. The summed E-state index contributed by atoms with van der Waals surface area (Å²) in [6, 6.07) is 12.0. The van der Waals surface area contributed by atoms with E-state index < -0.39 is 11.7 Å². The second-order valence-electron chi connectivity index (χ2n) is 6.73. The van der Waals surface area contributed by atoms with Crippen LogP contribution in [0.2, 0.25) is 5.02 Å². The van der Waals surface area contributed by atoms with E-state index in [2.05, 4.69) is 20.4 Å². The fourth-order valence-corrected chi connectivity index (χ4v) is 3.29. The average molecular weight is 462 g/mol. The Morgan fingerprint density at radius 2 is 1.91 bits per heavy atom. The van der Waals surface area contributed by atoms with Gasteiger partial charge in [-0.2, -0.15) is 13.2 Å². The van der Waals surface area contributed by atoms with Crippen molar-refractivity contribution < 1.29 is 23.1 Å². The first-order valence-corrected chi connectivity index (χ1v) is 9.54. The molecule has 0 saturated heterocycles. The maximum Gasteiger partial charge on any atom is 0.417 e. The molecule has 0 saturated carbocycles. The van der Waals surface area contributed by atoms with Crippen molar-refractivity contribution in [2.24, 2.45) is 12.2 Å². The van der Waals surface area contributed by atoms with Crippen LogP contribution in [0.1, 0.15) is 11.3 Å². The Labute approximate surface area is 184 Å². The van der Waals surface area contributed by atoms with Gasteiger partial charge < -0.3 is 19.8 Å². The molecule has 0 radical (unpaired) electrons. The minimum Gasteiger partial charge on any atom is -0.457 e. The summed E-state index contributed by atoms with van der Waals surface area (Å²) in [5, 5.41) is 14.1. The summed E-state index contributed by atoms with van der Waals surface area (Å²) in [6.45, 7) is 0. The van der Waals surface area contributed by atoms with Crippen molar-refractivity contribution in [3.63, 3.8) is 0 Å². The number of hydrogen-bond donors (Lipinski definition) is 2. The molecule has 0 aliphatic carbocycles. The van der Waals surface area contributed by atoms with Gasteiger partial charge in [0.2, 0.25) is 5.95 Å². The maximum absolute atomic E-state index is 13.1. The lowest BCUT2D eigenvalue weighted by molar-refractivity contribution is -0.137. The molecule has 32 heavy (non-hydrogen) atoms. The van der Waals surface area contributed by atoms with Gasteiger partial charge in [0.1, 0.15) is 11.5 Å². The molecular weight excluding hydrogens is 447 g/mol. The average Bonchev–Trinajstić information content (AvgIpc) is 3.04. The largest absolute Gasteiger partial charge is 0.457 e. The van der Waals surface area contributed by atoms with Crippen LogP contribution in [0.25, 0.3) is 11.0 Å². The number of anilines is 2. The molecular formula is C21H15ClF3N5O2. The van der Waals surface area contributed by atoms with Gasteiger partial charge in [0.05, 0.1) is 33.5 Å². The molecule has 0 spiro atoms. The van der Waals surface area contributed by atoms with E-state index in [1.807, 2.05) is 0 Å². The number of fused-ring (bicyclic) bond motifs is 1. The molecule has 4 rings (SSSR count). The van der Waals surface area contributed by atoms with Crippen LogP contribution >= 0.6 is 11.6 Å². The molecule has 2 N–H and O–H groups in total. The molecule has 0 unspecified atom stereocenters.